The van der Waals surface area contributed by atoms with E-state index in [1.807, 2.05) is 11.5 Å². The van der Waals surface area contributed by atoms with Gasteiger partial charge < -0.3 is 14.9 Å². The van der Waals surface area contributed by atoms with Crippen LogP contribution in [0.2, 0.25) is 0 Å². The Morgan fingerprint density at radius 3 is 2.96 bits per heavy atom. The third-order valence-electron chi connectivity index (χ3n) is 3.44. The van der Waals surface area contributed by atoms with Crippen molar-refractivity contribution in [2.45, 2.75) is 33.0 Å². The largest absolute Gasteiger partial charge is 0.345 e. The van der Waals surface area contributed by atoms with Gasteiger partial charge in [-0.3, -0.25) is 9.59 Å². The molecule has 3 rings (SSSR count). The number of carbonyl (C=O) groups excluding carboxylic acids is 1. The third kappa shape index (κ3) is 3.94. The number of nitrogens with zero attached hydrogens (tertiary/aromatic N) is 7. The Kier molecular flexibility index (Phi) is 4.92. The zero-order chi connectivity index (χ0) is 17.6. The molecule has 0 aliphatic rings. The number of aromatic amines is 1. The Hall–Kier alpha value is -3.37. The summed E-state index contributed by atoms with van der Waals surface area (Å²) >= 11 is 0. The molecule has 130 valence electrons. The lowest BCUT2D eigenvalue weighted by Gasteiger charge is -2.07. The Morgan fingerprint density at radius 2 is 2.24 bits per heavy atom. The Balaban J connectivity index is 1.65. The van der Waals surface area contributed by atoms with Crippen molar-refractivity contribution in [2.75, 3.05) is 0 Å². The molecule has 0 saturated heterocycles. The molecule has 0 fully saturated rings. The summed E-state index contributed by atoms with van der Waals surface area (Å²) in [5.74, 6) is 0.490. The molecule has 0 aliphatic heterocycles. The van der Waals surface area contributed by atoms with E-state index in [1.54, 1.807) is 6.33 Å². The number of amides is 1. The lowest BCUT2D eigenvalue weighted by Crippen LogP contribution is -2.31. The van der Waals surface area contributed by atoms with Crippen molar-refractivity contribution in [3.8, 4) is 0 Å². The molecule has 0 aliphatic carbocycles. The second-order valence-electron chi connectivity index (χ2n) is 5.29. The smallest absolute Gasteiger partial charge is 0.263 e. The first-order valence-electron chi connectivity index (χ1n) is 7.73. The minimum absolute atomic E-state index is 0.0658. The fourth-order valence-corrected chi connectivity index (χ4v) is 2.24. The summed E-state index contributed by atoms with van der Waals surface area (Å²) in [6, 6.07) is 0. The molecule has 3 heterocycles. The van der Waals surface area contributed by atoms with Crippen LogP contribution in [0.25, 0.3) is 0 Å². The number of carbonyl (C=O) groups is 1. The molecule has 0 unspecified atom stereocenters. The van der Waals surface area contributed by atoms with Crippen LogP contribution >= 0.6 is 0 Å². The van der Waals surface area contributed by atoms with E-state index in [2.05, 4.69) is 35.6 Å². The summed E-state index contributed by atoms with van der Waals surface area (Å²) < 4.78 is 3.36. The number of H-pyrrole nitrogens is 1. The van der Waals surface area contributed by atoms with Gasteiger partial charge in [0.2, 0.25) is 0 Å². The monoisotopic (exact) mass is 343 g/mol. The van der Waals surface area contributed by atoms with Gasteiger partial charge in [-0.1, -0.05) is 6.92 Å². The van der Waals surface area contributed by atoms with Crippen molar-refractivity contribution >= 4 is 5.91 Å². The molecule has 11 nitrogen and oxygen atoms in total. The number of rotatable bonds is 7. The fourth-order valence-electron chi connectivity index (χ4n) is 2.24. The number of aromatic nitrogens is 8. The first-order valence-corrected chi connectivity index (χ1v) is 7.73. The van der Waals surface area contributed by atoms with Gasteiger partial charge in [0.1, 0.15) is 36.9 Å². The number of nitrogens with one attached hydrogen (secondary N) is 2. The van der Waals surface area contributed by atoms with Crippen molar-refractivity contribution in [3.05, 3.63) is 52.7 Å². The Labute approximate surface area is 142 Å². The molecule has 3 aromatic heterocycles. The third-order valence-corrected chi connectivity index (χ3v) is 3.44. The normalized spacial score (nSPS) is 10.8. The fraction of sp³-hybridized carbons (Fsp3) is 0.357. The Bertz CT molecular complexity index is 897. The molecule has 2 N–H and O–H groups in total. The average molecular weight is 343 g/mol. The van der Waals surface area contributed by atoms with Crippen LogP contribution in [-0.2, 0) is 19.6 Å². The molecule has 0 bridgehead atoms. The first kappa shape index (κ1) is 16.5. The predicted octanol–water partition coefficient (Wildman–Crippen LogP) is -0.659. The highest BCUT2D eigenvalue weighted by molar-refractivity contribution is 5.93. The van der Waals surface area contributed by atoms with E-state index in [4.69, 9.17) is 0 Å². The van der Waals surface area contributed by atoms with E-state index >= 15 is 0 Å². The molecule has 25 heavy (non-hydrogen) atoms. The number of hydrogen-bond acceptors (Lipinski definition) is 7. The van der Waals surface area contributed by atoms with Crippen LogP contribution in [0, 0.1) is 0 Å². The summed E-state index contributed by atoms with van der Waals surface area (Å²) in [6.07, 6.45) is 6.68. The van der Waals surface area contributed by atoms with Crippen molar-refractivity contribution in [2.24, 2.45) is 0 Å². The van der Waals surface area contributed by atoms with Gasteiger partial charge in [0.15, 0.2) is 5.82 Å². The summed E-state index contributed by atoms with van der Waals surface area (Å²) in [6.45, 7) is 3.24. The van der Waals surface area contributed by atoms with E-state index in [0.717, 1.165) is 13.0 Å². The van der Waals surface area contributed by atoms with Crippen molar-refractivity contribution in [3.63, 3.8) is 0 Å². The Morgan fingerprint density at radius 1 is 1.36 bits per heavy atom. The van der Waals surface area contributed by atoms with Crippen molar-refractivity contribution in [1.82, 2.24) is 44.8 Å². The zero-order valence-electron chi connectivity index (χ0n) is 13.6. The van der Waals surface area contributed by atoms with Gasteiger partial charge in [-0.05, 0) is 6.42 Å². The van der Waals surface area contributed by atoms with E-state index < -0.39 is 11.5 Å². The minimum Gasteiger partial charge on any atom is -0.345 e. The van der Waals surface area contributed by atoms with Gasteiger partial charge in [0.05, 0.1) is 6.54 Å². The topological polar surface area (TPSA) is 136 Å². The highest BCUT2D eigenvalue weighted by Crippen LogP contribution is 1.98. The van der Waals surface area contributed by atoms with Crippen molar-refractivity contribution < 1.29 is 4.79 Å². The second-order valence-corrected chi connectivity index (χ2v) is 5.29. The van der Waals surface area contributed by atoms with Crippen LogP contribution in [0.4, 0.5) is 0 Å². The molecular weight excluding hydrogens is 326 g/mol. The predicted molar refractivity (Wildman–Crippen MR) is 85.5 cm³/mol. The molecule has 0 radical (unpaired) electrons. The van der Waals surface area contributed by atoms with Gasteiger partial charge in [0, 0.05) is 12.7 Å². The molecule has 0 atom stereocenters. The van der Waals surface area contributed by atoms with Crippen LogP contribution in [0.5, 0.6) is 0 Å². The molecular formula is C14H17N9O2. The van der Waals surface area contributed by atoms with Crippen LogP contribution in [0.15, 0.2) is 30.0 Å². The van der Waals surface area contributed by atoms with Gasteiger partial charge in [-0.15, -0.1) is 10.2 Å². The standard InChI is InChI=1S/C14H17N9O2/c1-2-3-22-9-18-21-12(22)5-17-13(24)10-4-16-11(20-14(10)25)6-23-8-15-7-19-23/h4,7-9H,2-3,5-6H2,1H3,(H,17,24)(H,16,20,25). The molecule has 11 heteroatoms. The summed E-state index contributed by atoms with van der Waals surface area (Å²) in [5, 5.41) is 14.4. The number of hydrogen-bond donors (Lipinski definition) is 2. The molecule has 0 saturated carbocycles. The molecule has 3 aromatic rings. The van der Waals surface area contributed by atoms with Crippen LogP contribution in [0.1, 0.15) is 35.4 Å². The van der Waals surface area contributed by atoms with Gasteiger partial charge in [-0.2, -0.15) is 5.10 Å². The maximum atomic E-state index is 12.2. The van der Waals surface area contributed by atoms with E-state index in [-0.39, 0.29) is 18.7 Å². The summed E-state index contributed by atoms with van der Waals surface area (Å²) in [7, 11) is 0. The molecule has 0 spiro atoms. The summed E-state index contributed by atoms with van der Waals surface area (Å²) in [4.78, 5) is 34.8. The number of aryl methyl sites for hydroxylation is 1. The quantitative estimate of drug-likeness (QED) is 0.581. The average Bonchev–Trinajstić information content (AvgIpc) is 3.25. The molecule has 0 aromatic carbocycles. The van der Waals surface area contributed by atoms with E-state index in [9.17, 15) is 9.59 Å². The summed E-state index contributed by atoms with van der Waals surface area (Å²) in [5.41, 5.74) is -0.582. The van der Waals surface area contributed by atoms with Gasteiger partial charge in [0.25, 0.3) is 11.5 Å². The SMILES string of the molecule is CCCn1cnnc1CNC(=O)c1cnc(Cn2cncn2)[nH]c1=O. The zero-order valence-corrected chi connectivity index (χ0v) is 13.6. The van der Waals surface area contributed by atoms with E-state index in [0.29, 0.717) is 11.6 Å². The lowest BCUT2D eigenvalue weighted by molar-refractivity contribution is 0.0947. The van der Waals surface area contributed by atoms with Crippen LogP contribution < -0.4 is 10.9 Å². The highest BCUT2D eigenvalue weighted by atomic mass is 16.2. The minimum atomic E-state index is -0.521. The first-order chi connectivity index (χ1) is 12.2. The van der Waals surface area contributed by atoms with Gasteiger partial charge >= 0.3 is 0 Å². The van der Waals surface area contributed by atoms with Crippen LogP contribution in [-0.4, -0.2) is 45.4 Å². The maximum Gasteiger partial charge on any atom is 0.263 e. The van der Waals surface area contributed by atoms with Crippen molar-refractivity contribution in [1.29, 1.82) is 0 Å². The second kappa shape index (κ2) is 7.47. The lowest BCUT2D eigenvalue weighted by atomic mass is 10.3. The van der Waals surface area contributed by atoms with Crippen LogP contribution in [0.3, 0.4) is 0 Å². The molecule has 1 amide bonds. The van der Waals surface area contributed by atoms with Gasteiger partial charge in [-0.25, -0.2) is 14.6 Å². The van der Waals surface area contributed by atoms with E-state index in [1.165, 1.54) is 23.5 Å². The highest BCUT2D eigenvalue weighted by Gasteiger charge is 2.13. The maximum absolute atomic E-state index is 12.2.